The number of nitrogens with one attached hydrogen (secondary N) is 1. The van der Waals surface area contributed by atoms with Crippen LogP contribution in [0, 0.1) is 13.8 Å². The van der Waals surface area contributed by atoms with Crippen LogP contribution >= 0.6 is 0 Å². The second kappa shape index (κ2) is 7.06. The van der Waals surface area contributed by atoms with Crippen LogP contribution in [0.2, 0.25) is 0 Å². The predicted molar refractivity (Wildman–Crippen MR) is 81.3 cm³/mol. The lowest BCUT2D eigenvalue weighted by Gasteiger charge is -2.21. The van der Waals surface area contributed by atoms with E-state index in [1.54, 1.807) is 6.92 Å². The summed E-state index contributed by atoms with van der Waals surface area (Å²) in [5, 5.41) is 3.37. The Bertz CT molecular complexity index is 509. The first-order valence-electron chi connectivity index (χ1n) is 6.90. The molecule has 0 spiro atoms. The van der Waals surface area contributed by atoms with Gasteiger partial charge in [0.05, 0.1) is 5.75 Å². The highest BCUT2D eigenvalue weighted by Crippen LogP contribution is 2.21. The van der Waals surface area contributed by atoms with Crippen LogP contribution in [0.25, 0.3) is 0 Å². The lowest BCUT2D eigenvalue weighted by Crippen LogP contribution is -2.30. The highest BCUT2D eigenvalue weighted by molar-refractivity contribution is 7.91. The lowest BCUT2D eigenvalue weighted by atomic mass is 10.00. The van der Waals surface area contributed by atoms with E-state index in [1.165, 1.54) is 0 Å². The molecule has 0 heterocycles. The molecule has 0 saturated carbocycles. The number of benzene rings is 1. The van der Waals surface area contributed by atoms with E-state index in [4.69, 9.17) is 0 Å². The van der Waals surface area contributed by atoms with Crippen molar-refractivity contribution in [1.29, 1.82) is 0 Å². The Hall–Kier alpha value is -0.870. The minimum Gasteiger partial charge on any atom is -0.309 e. The van der Waals surface area contributed by atoms with Gasteiger partial charge in [0, 0.05) is 11.8 Å². The third-order valence-corrected chi connectivity index (χ3v) is 5.03. The third-order valence-electron chi connectivity index (χ3n) is 3.31. The van der Waals surface area contributed by atoms with E-state index in [0.717, 1.165) is 29.7 Å². The van der Waals surface area contributed by atoms with Crippen molar-refractivity contribution in [3.05, 3.63) is 34.9 Å². The summed E-state index contributed by atoms with van der Waals surface area (Å²) in [6.07, 6.45) is 0.994. The van der Waals surface area contributed by atoms with Crippen molar-refractivity contribution < 1.29 is 8.42 Å². The van der Waals surface area contributed by atoms with Crippen LogP contribution in [-0.2, 0) is 9.84 Å². The summed E-state index contributed by atoms with van der Waals surface area (Å²) in [7, 11) is -2.99. The first-order chi connectivity index (χ1) is 8.89. The highest BCUT2D eigenvalue weighted by Gasteiger charge is 2.20. The molecule has 0 aliphatic heterocycles. The zero-order valence-electron chi connectivity index (χ0n) is 12.4. The minimum atomic E-state index is -2.99. The van der Waals surface area contributed by atoms with Crippen molar-refractivity contribution in [2.45, 2.75) is 40.2 Å². The van der Waals surface area contributed by atoms with E-state index in [9.17, 15) is 8.42 Å². The molecule has 0 aliphatic rings. The summed E-state index contributed by atoms with van der Waals surface area (Å²) in [6.45, 7) is 8.69. The summed E-state index contributed by atoms with van der Waals surface area (Å²) in [6, 6.07) is 6.10. The molecule has 0 aliphatic carbocycles. The van der Waals surface area contributed by atoms with Crippen molar-refractivity contribution in [3.63, 3.8) is 0 Å². The van der Waals surface area contributed by atoms with Gasteiger partial charge >= 0.3 is 0 Å². The van der Waals surface area contributed by atoms with Crippen molar-refractivity contribution in [2.75, 3.05) is 18.1 Å². The fourth-order valence-corrected chi connectivity index (χ4v) is 3.13. The van der Waals surface area contributed by atoms with E-state index in [2.05, 4.69) is 30.4 Å². The molecule has 0 aromatic heterocycles. The zero-order valence-corrected chi connectivity index (χ0v) is 13.2. The average Bonchev–Trinajstić information content (AvgIpc) is 2.37. The van der Waals surface area contributed by atoms with Crippen molar-refractivity contribution in [1.82, 2.24) is 5.32 Å². The Morgan fingerprint density at radius 3 is 2.47 bits per heavy atom. The van der Waals surface area contributed by atoms with Crippen molar-refractivity contribution in [2.24, 2.45) is 0 Å². The Morgan fingerprint density at radius 1 is 1.21 bits per heavy atom. The molecule has 0 bridgehead atoms. The van der Waals surface area contributed by atoms with Gasteiger partial charge in [-0.3, -0.25) is 0 Å². The second-order valence-electron chi connectivity index (χ2n) is 5.07. The highest BCUT2D eigenvalue weighted by atomic mass is 32.2. The van der Waals surface area contributed by atoms with Gasteiger partial charge in [0.15, 0.2) is 9.84 Å². The van der Waals surface area contributed by atoms with Gasteiger partial charge in [0.2, 0.25) is 0 Å². The van der Waals surface area contributed by atoms with Gasteiger partial charge in [0.1, 0.15) is 0 Å². The van der Waals surface area contributed by atoms with E-state index < -0.39 is 9.84 Å². The zero-order chi connectivity index (χ0) is 14.5. The van der Waals surface area contributed by atoms with Crippen LogP contribution in [-0.4, -0.2) is 26.5 Å². The number of hydrogen-bond acceptors (Lipinski definition) is 3. The topological polar surface area (TPSA) is 46.2 Å². The second-order valence-corrected chi connectivity index (χ2v) is 7.46. The largest absolute Gasteiger partial charge is 0.309 e. The maximum absolute atomic E-state index is 11.9. The molecule has 0 saturated heterocycles. The van der Waals surface area contributed by atoms with Gasteiger partial charge in [-0.25, -0.2) is 8.42 Å². The van der Waals surface area contributed by atoms with Gasteiger partial charge in [-0.1, -0.05) is 37.6 Å². The molecule has 3 nitrogen and oxygen atoms in total. The van der Waals surface area contributed by atoms with Gasteiger partial charge in [-0.05, 0) is 37.9 Å². The number of hydrogen-bond donors (Lipinski definition) is 1. The predicted octanol–water partition coefficient (Wildman–Crippen LogP) is 2.78. The summed E-state index contributed by atoms with van der Waals surface area (Å²) in [4.78, 5) is 0. The fraction of sp³-hybridized carbons (Fsp3) is 0.600. The summed E-state index contributed by atoms with van der Waals surface area (Å²) >= 11 is 0. The molecule has 1 unspecified atom stereocenters. The molecule has 0 amide bonds. The fourth-order valence-electron chi connectivity index (χ4n) is 2.08. The average molecular weight is 283 g/mol. The van der Waals surface area contributed by atoms with Crippen LogP contribution in [0.4, 0.5) is 0 Å². The minimum absolute atomic E-state index is 0.107. The first-order valence-corrected chi connectivity index (χ1v) is 8.72. The first kappa shape index (κ1) is 16.2. The molecule has 1 aromatic rings. The smallest absolute Gasteiger partial charge is 0.151 e. The summed E-state index contributed by atoms with van der Waals surface area (Å²) in [5.74, 6) is 0.371. The van der Waals surface area contributed by atoms with Gasteiger partial charge in [0.25, 0.3) is 0 Å². The van der Waals surface area contributed by atoms with Crippen LogP contribution in [0.3, 0.4) is 0 Å². The molecule has 19 heavy (non-hydrogen) atoms. The van der Waals surface area contributed by atoms with Crippen LogP contribution in [0.1, 0.15) is 43.0 Å². The Labute approximate surface area is 117 Å². The molecule has 1 atom stereocenters. The van der Waals surface area contributed by atoms with Gasteiger partial charge < -0.3 is 5.32 Å². The van der Waals surface area contributed by atoms with Crippen molar-refractivity contribution >= 4 is 9.84 Å². The Balaban J connectivity index is 3.05. The molecule has 1 aromatic carbocycles. The molecule has 1 N–H and O–H groups in total. The van der Waals surface area contributed by atoms with Crippen LogP contribution < -0.4 is 5.32 Å². The molecular weight excluding hydrogens is 258 g/mol. The molecular formula is C15H25NO2S. The van der Waals surface area contributed by atoms with Crippen molar-refractivity contribution in [3.8, 4) is 0 Å². The number of rotatable bonds is 7. The summed E-state index contributed by atoms with van der Waals surface area (Å²) < 4.78 is 23.8. The maximum atomic E-state index is 11.9. The Kier molecular flexibility index (Phi) is 6.01. The summed E-state index contributed by atoms with van der Waals surface area (Å²) in [5.41, 5.74) is 3.41. The van der Waals surface area contributed by atoms with Crippen LogP contribution in [0.5, 0.6) is 0 Å². The standard InChI is InChI=1S/C15H25NO2S/c1-5-9-16-15(11-19(17,18)6-2)14-10-12(3)7-8-13(14)4/h7-8,10,15-16H,5-6,9,11H2,1-4H3. The third kappa shape index (κ3) is 4.96. The van der Waals surface area contributed by atoms with Gasteiger partial charge in [-0.15, -0.1) is 0 Å². The quantitative estimate of drug-likeness (QED) is 0.837. The van der Waals surface area contributed by atoms with E-state index >= 15 is 0 Å². The van der Waals surface area contributed by atoms with E-state index in [1.807, 2.05) is 13.8 Å². The maximum Gasteiger partial charge on any atom is 0.151 e. The Morgan fingerprint density at radius 2 is 1.89 bits per heavy atom. The molecule has 108 valence electrons. The molecule has 1 rings (SSSR count). The van der Waals surface area contributed by atoms with Gasteiger partial charge in [-0.2, -0.15) is 0 Å². The van der Waals surface area contributed by atoms with E-state index in [-0.39, 0.29) is 17.5 Å². The molecule has 0 fully saturated rings. The number of aryl methyl sites for hydroxylation is 2. The molecule has 0 radical (unpaired) electrons. The SMILES string of the molecule is CCCNC(CS(=O)(=O)CC)c1cc(C)ccc1C. The molecule has 4 heteroatoms. The van der Waals surface area contributed by atoms with Crippen LogP contribution in [0.15, 0.2) is 18.2 Å². The normalized spacial score (nSPS) is 13.5. The lowest BCUT2D eigenvalue weighted by molar-refractivity contribution is 0.545. The monoisotopic (exact) mass is 283 g/mol. The van der Waals surface area contributed by atoms with E-state index in [0.29, 0.717) is 0 Å². The number of sulfone groups is 1.